The Hall–Kier alpha value is -3.25. The van der Waals surface area contributed by atoms with Crippen molar-refractivity contribution in [3.8, 4) is 5.75 Å². The molecule has 0 spiro atoms. The summed E-state index contributed by atoms with van der Waals surface area (Å²) in [5.41, 5.74) is 5.09. The number of ether oxygens (including phenoxy) is 1. The molecule has 6 heteroatoms. The lowest BCUT2D eigenvalue weighted by Crippen LogP contribution is -2.32. The molecule has 0 unspecified atom stereocenters. The van der Waals surface area contributed by atoms with Crippen LogP contribution in [0.25, 0.3) is 10.2 Å². The Balaban J connectivity index is 1.67. The van der Waals surface area contributed by atoms with Crippen LogP contribution in [0.4, 0.5) is 5.13 Å². The molecule has 0 aliphatic heterocycles. The fourth-order valence-electron chi connectivity index (χ4n) is 3.21. The van der Waals surface area contributed by atoms with E-state index in [2.05, 4.69) is 31.0 Å². The van der Waals surface area contributed by atoms with Gasteiger partial charge in [-0.3, -0.25) is 14.7 Å². The lowest BCUT2D eigenvalue weighted by molar-refractivity contribution is -0.118. The Morgan fingerprint density at radius 3 is 2.53 bits per heavy atom. The van der Waals surface area contributed by atoms with E-state index in [4.69, 9.17) is 9.72 Å². The fraction of sp³-hybridized carbons (Fsp3) is 0.208. The normalized spacial score (nSPS) is 10.9. The van der Waals surface area contributed by atoms with E-state index in [1.54, 1.807) is 18.2 Å². The van der Waals surface area contributed by atoms with E-state index in [-0.39, 0.29) is 12.3 Å². The highest BCUT2D eigenvalue weighted by molar-refractivity contribution is 7.22. The van der Waals surface area contributed by atoms with Gasteiger partial charge in [-0.25, -0.2) is 4.98 Å². The first-order chi connectivity index (χ1) is 14.5. The zero-order chi connectivity index (χ0) is 21.1. The summed E-state index contributed by atoms with van der Waals surface area (Å²) in [7, 11) is 1.63. The third kappa shape index (κ3) is 4.33. The molecule has 0 aliphatic rings. The standard InChI is InChI=1S/C24H23N3O2S/c1-16-12-21-22(13-17(16)2)30-24(26-21)27(15-19-6-4-5-11-25-19)23(28)14-18-7-9-20(29-3)10-8-18/h4-13H,14-15H2,1-3H3. The topological polar surface area (TPSA) is 55.3 Å². The molecule has 0 bridgehead atoms. The third-order valence-corrected chi connectivity index (χ3v) is 6.13. The Morgan fingerprint density at radius 1 is 1.07 bits per heavy atom. The van der Waals surface area contributed by atoms with Gasteiger partial charge in [-0.05, 0) is 66.9 Å². The number of fused-ring (bicyclic) bond motifs is 1. The average Bonchev–Trinajstić information content (AvgIpc) is 3.15. The number of carbonyl (C=O) groups excluding carboxylic acids is 1. The van der Waals surface area contributed by atoms with Crippen molar-refractivity contribution in [1.29, 1.82) is 0 Å². The van der Waals surface area contributed by atoms with Crippen LogP contribution < -0.4 is 9.64 Å². The van der Waals surface area contributed by atoms with Crippen molar-refractivity contribution in [2.45, 2.75) is 26.8 Å². The van der Waals surface area contributed by atoms with Crippen LogP contribution in [-0.2, 0) is 17.8 Å². The van der Waals surface area contributed by atoms with Crippen molar-refractivity contribution < 1.29 is 9.53 Å². The minimum absolute atomic E-state index is 0.0154. The van der Waals surface area contributed by atoms with Crippen LogP contribution in [0.2, 0.25) is 0 Å². The zero-order valence-electron chi connectivity index (χ0n) is 17.3. The maximum Gasteiger partial charge on any atom is 0.233 e. The van der Waals surface area contributed by atoms with Crippen LogP contribution in [0.1, 0.15) is 22.4 Å². The average molecular weight is 418 g/mol. The quantitative estimate of drug-likeness (QED) is 0.438. The molecule has 152 valence electrons. The van der Waals surface area contributed by atoms with Crippen molar-refractivity contribution in [3.63, 3.8) is 0 Å². The molecule has 4 aromatic rings. The van der Waals surface area contributed by atoms with Crippen LogP contribution in [0.5, 0.6) is 5.75 Å². The Bertz CT molecular complexity index is 1130. The number of rotatable bonds is 6. The molecular weight excluding hydrogens is 394 g/mol. The summed E-state index contributed by atoms with van der Waals surface area (Å²) in [6.45, 7) is 4.55. The number of amides is 1. The van der Waals surface area contributed by atoms with E-state index in [1.807, 2.05) is 42.5 Å². The van der Waals surface area contributed by atoms with Gasteiger partial charge < -0.3 is 4.74 Å². The monoisotopic (exact) mass is 417 g/mol. The van der Waals surface area contributed by atoms with Gasteiger partial charge in [0.1, 0.15) is 5.75 Å². The van der Waals surface area contributed by atoms with Gasteiger partial charge in [0.25, 0.3) is 0 Å². The van der Waals surface area contributed by atoms with Crippen LogP contribution in [0.3, 0.4) is 0 Å². The first kappa shape index (κ1) is 20.0. The zero-order valence-corrected chi connectivity index (χ0v) is 18.1. The number of hydrogen-bond donors (Lipinski definition) is 0. The summed E-state index contributed by atoms with van der Waals surface area (Å²) in [5.74, 6) is 0.756. The van der Waals surface area contributed by atoms with Gasteiger partial charge in [0.2, 0.25) is 5.91 Å². The number of benzene rings is 2. The number of nitrogens with zero attached hydrogens (tertiary/aromatic N) is 3. The summed E-state index contributed by atoms with van der Waals surface area (Å²) < 4.78 is 6.29. The maximum absolute atomic E-state index is 13.3. The van der Waals surface area contributed by atoms with Crippen LogP contribution in [-0.4, -0.2) is 23.0 Å². The first-order valence-corrected chi connectivity index (χ1v) is 10.6. The van der Waals surface area contributed by atoms with E-state index in [0.29, 0.717) is 11.7 Å². The Labute approximate surface area is 180 Å². The fourth-order valence-corrected chi connectivity index (χ4v) is 4.27. The molecule has 0 saturated carbocycles. The summed E-state index contributed by atoms with van der Waals surface area (Å²) in [5, 5.41) is 0.694. The molecule has 30 heavy (non-hydrogen) atoms. The van der Waals surface area contributed by atoms with Crippen molar-refractivity contribution in [2.75, 3.05) is 12.0 Å². The molecule has 1 amide bonds. The largest absolute Gasteiger partial charge is 0.497 e. The summed E-state index contributed by atoms with van der Waals surface area (Å²) >= 11 is 1.54. The number of aromatic nitrogens is 2. The summed E-state index contributed by atoms with van der Waals surface area (Å²) in [4.78, 5) is 24.2. The molecule has 0 radical (unpaired) electrons. The minimum atomic E-state index is -0.0154. The smallest absolute Gasteiger partial charge is 0.233 e. The number of anilines is 1. The number of thiazole rings is 1. The van der Waals surface area contributed by atoms with Crippen LogP contribution in [0, 0.1) is 13.8 Å². The van der Waals surface area contributed by atoms with Gasteiger partial charge in [-0.15, -0.1) is 0 Å². The molecule has 2 heterocycles. The number of carbonyl (C=O) groups is 1. The van der Waals surface area contributed by atoms with Gasteiger partial charge >= 0.3 is 0 Å². The minimum Gasteiger partial charge on any atom is -0.497 e. The van der Waals surface area contributed by atoms with Crippen molar-refractivity contribution >= 4 is 32.6 Å². The van der Waals surface area contributed by atoms with Gasteiger partial charge in [-0.1, -0.05) is 29.5 Å². The Kier molecular flexibility index (Phi) is 5.77. The molecule has 0 fully saturated rings. The number of pyridine rings is 1. The van der Waals surface area contributed by atoms with E-state index < -0.39 is 0 Å². The van der Waals surface area contributed by atoms with Crippen LogP contribution in [0.15, 0.2) is 60.8 Å². The molecule has 0 atom stereocenters. The highest BCUT2D eigenvalue weighted by Crippen LogP contribution is 2.32. The highest BCUT2D eigenvalue weighted by atomic mass is 32.1. The van der Waals surface area contributed by atoms with E-state index in [1.165, 1.54) is 22.5 Å². The molecule has 2 aromatic carbocycles. The highest BCUT2D eigenvalue weighted by Gasteiger charge is 2.21. The second-order valence-electron chi connectivity index (χ2n) is 7.23. The third-order valence-electron chi connectivity index (χ3n) is 5.09. The number of aryl methyl sites for hydroxylation is 2. The predicted octanol–water partition coefficient (Wildman–Crippen LogP) is 5.09. The lowest BCUT2D eigenvalue weighted by Gasteiger charge is -2.19. The molecular formula is C24H23N3O2S. The van der Waals surface area contributed by atoms with Gasteiger partial charge in [0.05, 0.1) is 36.0 Å². The molecule has 0 N–H and O–H groups in total. The maximum atomic E-state index is 13.3. The number of hydrogen-bond acceptors (Lipinski definition) is 5. The Morgan fingerprint density at radius 2 is 1.83 bits per heavy atom. The summed E-state index contributed by atoms with van der Waals surface area (Å²) in [6.07, 6.45) is 2.03. The van der Waals surface area contributed by atoms with Gasteiger partial charge in [0.15, 0.2) is 5.13 Å². The lowest BCUT2D eigenvalue weighted by atomic mass is 10.1. The molecule has 2 aromatic heterocycles. The summed E-state index contributed by atoms with van der Waals surface area (Å²) in [6, 6.07) is 17.5. The van der Waals surface area contributed by atoms with Crippen molar-refractivity contribution in [1.82, 2.24) is 9.97 Å². The molecule has 5 nitrogen and oxygen atoms in total. The van der Waals surface area contributed by atoms with Gasteiger partial charge in [-0.2, -0.15) is 0 Å². The number of methoxy groups -OCH3 is 1. The van der Waals surface area contributed by atoms with Crippen molar-refractivity contribution in [3.05, 3.63) is 83.2 Å². The molecule has 4 rings (SSSR count). The second-order valence-corrected chi connectivity index (χ2v) is 8.24. The van der Waals surface area contributed by atoms with E-state index >= 15 is 0 Å². The molecule has 0 saturated heterocycles. The second kappa shape index (κ2) is 8.63. The van der Waals surface area contributed by atoms with E-state index in [0.717, 1.165) is 27.2 Å². The van der Waals surface area contributed by atoms with Crippen LogP contribution >= 0.6 is 11.3 Å². The predicted molar refractivity (Wildman–Crippen MR) is 121 cm³/mol. The van der Waals surface area contributed by atoms with Crippen molar-refractivity contribution in [2.24, 2.45) is 0 Å². The first-order valence-electron chi connectivity index (χ1n) is 9.74. The SMILES string of the molecule is COc1ccc(CC(=O)N(Cc2ccccn2)c2nc3cc(C)c(C)cc3s2)cc1. The molecule has 0 aliphatic carbocycles. The van der Waals surface area contributed by atoms with Gasteiger partial charge in [0, 0.05) is 6.20 Å². The van der Waals surface area contributed by atoms with E-state index in [9.17, 15) is 4.79 Å².